The van der Waals surface area contributed by atoms with E-state index in [9.17, 15) is 24.3 Å². The van der Waals surface area contributed by atoms with Gasteiger partial charge < -0.3 is 25.5 Å². The summed E-state index contributed by atoms with van der Waals surface area (Å²) < 4.78 is 0. The van der Waals surface area contributed by atoms with E-state index in [0.29, 0.717) is 24.3 Å². The van der Waals surface area contributed by atoms with Gasteiger partial charge in [-0.3, -0.25) is 19.2 Å². The number of carbonyl (C=O) groups excluding carboxylic acids is 4. The second-order valence-corrected chi connectivity index (χ2v) is 11.0. The van der Waals surface area contributed by atoms with Crippen LogP contribution in [0.3, 0.4) is 0 Å². The number of anilines is 2. The fraction of sp³-hybridized carbons (Fsp3) is 0.294. The van der Waals surface area contributed by atoms with E-state index in [4.69, 9.17) is 0 Å². The summed E-state index contributed by atoms with van der Waals surface area (Å²) in [6, 6.07) is 23.2. The minimum absolute atomic E-state index is 0.0342. The Morgan fingerprint density at radius 2 is 1.35 bits per heavy atom. The summed E-state index contributed by atoms with van der Waals surface area (Å²) in [5.74, 6) is -0.763. The molecule has 2 fully saturated rings. The summed E-state index contributed by atoms with van der Waals surface area (Å²) in [4.78, 5) is 53.5. The number of amides is 4. The van der Waals surface area contributed by atoms with Crippen molar-refractivity contribution >= 4 is 47.2 Å². The van der Waals surface area contributed by atoms with Gasteiger partial charge in [0.2, 0.25) is 23.6 Å². The highest BCUT2D eigenvalue weighted by Gasteiger charge is 2.37. The quantitative estimate of drug-likeness (QED) is 0.349. The molecule has 2 saturated heterocycles. The number of carbonyl (C=O) groups is 4. The number of benzene rings is 3. The summed E-state index contributed by atoms with van der Waals surface area (Å²) in [6.07, 6.45) is 5.16. The maximum absolute atomic E-state index is 13.0. The molecule has 0 aromatic heterocycles. The van der Waals surface area contributed by atoms with Crippen LogP contribution in [0.5, 0.6) is 0 Å². The standard InChI is InChI=1S/C34H36N4O5/c1-23(39)38-22-29(40)21-31(38)34(43)36-28-17-13-25(14-18-28)10-9-24-11-15-27(16-12-24)35-33(42)30-8-5-19-37(30)32(41)20-26-6-3-2-4-7-26/h2-4,6-7,9-18,29-31,40H,5,8,19-22H2,1H3,(H,35,42)(H,36,43)/t29-,30+,31+/m1/s1. The molecule has 3 N–H and O–H groups in total. The molecule has 0 radical (unpaired) electrons. The largest absolute Gasteiger partial charge is 0.391 e. The molecule has 0 spiro atoms. The average Bonchev–Trinajstić information content (AvgIpc) is 3.66. The van der Waals surface area contributed by atoms with Crippen molar-refractivity contribution in [2.24, 2.45) is 0 Å². The zero-order valence-electron chi connectivity index (χ0n) is 24.1. The zero-order valence-corrected chi connectivity index (χ0v) is 24.1. The fourth-order valence-corrected chi connectivity index (χ4v) is 5.62. The van der Waals surface area contributed by atoms with Crippen molar-refractivity contribution < 1.29 is 24.3 Å². The van der Waals surface area contributed by atoms with Gasteiger partial charge in [0.05, 0.1) is 12.5 Å². The third kappa shape index (κ3) is 7.55. The van der Waals surface area contributed by atoms with Crippen LogP contribution in [-0.4, -0.2) is 69.8 Å². The highest BCUT2D eigenvalue weighted by molar-refractivity contribution is 5.98. The first-order valence-electron chi connectivity index (χ1n) is 14.6. The van der Waals surface area contributed by atoms with Gasteiger partial charge in [0.25, 0.3) is 0 Å². The number of likely N-dealkylation sites (tertiary alicyclic amines) is 2. The highest BCUT2D eigenvalue weighted by atomic mass is 16.3. The Balaban J connectivity index is 1.12. The minimum atomic E-state index is -0.698. The lowest BCUT2D eigenvalue weighted by Gasteiger charge is -2.24. The third-order valence-electron chi connectivity index (χ3n) is 7.88. The molecule has 5 rings (SSSR count). The minimum Gasteiger partial charge on any atom is -0.391 e. The van der Waals surface area contributed by atoms with Crippen LogP contribution >= 0.6 is 0 Å². The van der Waals surface area contributed by atoms with Crippen molar-refractivity contribution in [3.05, 3.63) is 95.6 Å². The molecule has 222 valence electrons. The molecule has 3 aromatic rings. The zero-order chi connectivity index (χ0) is 30.3. The monoisotopic (exact) mass is 580 g/mol. The molecule has 4 amide bonds. The van der Waals surface area contributed by atoms with Gasteiger partial charge in [-0.05, 0) is 53.8 Å². The summed E-state index contributed by atoms with van der Waals surface area (Å²) in [7, 11) is 0. The number of aliphatic hydroxyl groups excluding tert-OH is 1. The molecule has 0 unspecified atom stereocenters. The van der Waals surface area contributed by atoms with Gasteiger partial charge >= 0.3 is 0 Å². The van der Waals surface area contributed by atoms with Gasteiger partial charge in [0, 0.05) is 37.8 Å². The van der Waals surface area contributed by atoms with Crippen LogP contribution in [0, 0.1) is 0 Å². The molecule has 43 heavy (non-hydrogen) atoms. The molecule has 2 heterocycles. The van der Waals surface area contributed by atoms with Gasteiger partial charge in [0.15, 0.2) is 0 Å². The Bertz CT molecular complexity index is 1490. The summed E-state index contributed by atoms with van der Waals surface area (Å²) >= 11 is 0. The van der Waals surface area contributed by atoms with Crippen LogP contribution in [0.15, 0.2) is 78.9 Å². The van der Waals surface area contributed by atoms with E-state index in [1.54, 1.807) is 17.0 Å². The molecule has 3 atom stereocenters. The van der Waals surface area contributed by atoms with Crippen LogP contribution in [-0.2, 0) is 25.6 Å². The Morgan fingerprint density at radius 3 is 1.91 bits per heavy atom. The van der Waals surface area contributed by atoms with Gasteiger partial charge in [-0.2, -0.15) is 0 Å². The first-order valence-corrected chi connectivity index (χ1v) is 14.6. The lowest BCUT2D eigenvalue weighted by molar-refractivity contribution is -0.136. The maximum atomic E-state index is 13.0. The van der Waals surface area contributed by atoms with E-state index >= 15 is 0 Å². The molecule has 0 saturated carbocycles. The van der Waals surface area contributed by atoms with Crippen LogP contribution < -0.4 is 10.6 Å². The number of aliphatic hydroxyl groups is 1. The third-order valence-corrected chi connectivity index (χ3v) is 7.88. The van der Waals surface area contributed by atoms with Gasteiger partial charge in [-0.15, -0.1) is 0 Å². The van der Waals surface area contributed by atoms with E-state index in [1.165, 1.54) is 11.8 Å². The number of nitrogens with zero attached hydrogens (tertiary/aromatic N) is 2. The van der Waals surface area contributed by atoms with E-state index < -0.39 is 18.2 Å². The smallest absolute Gasteiger partial charge is 0.247 e. The number of hydrogen-bond acceptors (Lipinski definition) is 5. The topological polar surface area (TPSA) is 119 Å². The molecule has 0 aliphatic carbocycles. The predicted octanol–water partition coefficient (Wildman–Crippen LogP) is 3.95. The second-order valence-electron chi connectivity index (χ2n) is 11.0. The molecular weight excluding hydrogens is 544 g/mol. The van der Waals surface area contributed by atoms with Crippen LogP contribution in [0.2, 0.25) is 0 Å². The van der Waals surface area contributed by atoms with E-state index in [0.717, 1.165) is 23.1 Å². The second kappa shape index (κ2) is 13.5. The summed E-state index contributed by atoms with van der Waals surface area (Å²) in [5, 5.41) is 15.7. The summed E-state index contributed by atoms with van der Waals surface area (Å²) in [6.45, 7) is 2.15. The molecule has 9 heteroatoms. The van der Waals surface area contributed by atoms with Gasteiger partial charge in [-0.25, -0.2) is 0 Å². The van der Waals surface area contributed by atoms with E-state index in [1.807, 2.05) is 78.9 Å². The molecule has 3 aromatic carbocycles. The van der Waals surface area contributed by atoms with E-state index in [2.05, 4.69) is 10.6 Å². The normalized spacial score (nSPS) is 19.9. The molecule has 2 aliphatic rings. The first kappa shape index (κ1) is 29.7. The van der Waals surface area contributed by atoms with Crippen LogP contribution in [0.25, 0.3) is 12.2 Å². The lowest BCUT2D eigenvalue weighted by atomic mass is 10.1. The SMILES string of the molecule is CC(=O)N1C[C@H](O)C[C@H]1C(=O)Nc1ccc(C=Cc2ccc(NC(=O)[C@@H]3CCCN3C(=O)Cc3ccccc3)cc2)cc1. The Kier molecular flexibility index (Phi) is 9.32. The van der Waals surface area contributed by atoms with Crippen molar-refractivity contribution in [1.29, 1.82) is 0 Å². The fourth-order valence-electron chi connectivity index (χ4n) is 5.62. The number of β-amino-alcohol motifs (C(OH)–C–C–N with tert-alkyl or cyclic N) is 1. The Hall–Kier alpha value is -4.76. The van der Waals surface area contributed by atoms with Gasteiger partial charge in [-0.1, -0.05) is 66.7 Å². The van der Waals surface area contributed by atoms with Crippen LogP contribution in [0.1, 0.15) is 42.9 Å². The predicted molar refractivity (Wildman–Crippen MR) is 166 cm³/mol. The van der Waals surface area contributed by atoms with Crippen LogP contribution in [0.4, 0.5) is 11.4 Å². The maximum Gasteiger partial charge on any atom is 0.247 e. The average molecular weight is 581 g/mol. The number of nitrogens with one attached hydrogen (secondary N) is 2. The van der Waals surface area contributed by atoms with Crippen molar-refractivity contribution in [2.75, 3.05) is 23.7 Å². The Labute approximate surface area is 251 Å². The lowest BCUT2D eigenvalue weighted by Crippen LogP contribution is -2.43. The van der Waals surface area contributed by atoms with E-state index in [-0.39, 0.29) is 43.0 Å². The van der Waals surface area contributed by atoms with Gasteiger partial charge in [0.1, 0.15) is 12.1 Å². The molecule has 9 nitrogen and oxygen atoms in total. The molecular formula is C34H36N4O5. The van der Waals surface area contributed by atoms with Crippen molar-refractivity contribution in [2.45, 2.75) is 50.8 Å². The molecule has 0 bridgehead atoms. The number of hydrogen-bond donors (Lipinski definition) is 3. The van der Waals surface area contributed by atoms with Crippen molar-refractivity contribution in [1.82, 2.24) is 9.80 Å². The van der Waals surface area contributed by atoms with Crippen molar-refractivity contribution in [3.8, 4) is 0 Å². The number of rotatable bonds is 8. The first-order chi connectivity index (χ1) is 20.8. The Morgan fingerprint density at radius 1 is 0.791 bits per heavy atom. The summed E-state index contributed by atoms with van der Waals surface area (Å²) in [5.41, 5.74) is 4.09. The molecule has 2 aliphatic heterocycles. The van der Waals surface area contributed by atoms with Crippen molar-refractivity contribution in [3.63, 3.8) is 0 Å². The highest BCUT2D eigenvalue weighted by Crippen LogP contribution is 2.23.